The van der Waals surface area contributed by atoms with Gasteiger partial charge in [0.25, 0.3) is 10.0 Å². The van der Waals surface area contributed by atoms with Gasteiger partial charge in [-0.25, -0.2) is 14.7 Å². The van der Waals surface area contributed by atoms with Gasteiger partial charge in [0.15, 0.2) is 15.1 Å². The maximum absolute atomic E-state index is 12.7. The minimum atomic E-state index is -3.95. The van der Waals surface area contributed by atoms with Crippen LogP contribution in [0.2, 0.25) is 5.15 Å². The number of guanidine groups is 1. The van der Waals surface area contributed by atoms with E-state index in [0.717, 1.165) is 0 Å². The molecule has 0 unspecified atom stereocenters. The SMILES string of the molecule is CN=C(NS(=O)(=O)c1c(Cl)nc2sccn12)N1CC(C)(C)C=N1. The van der Waals surface area contributed by atoms with Crippen molar-refractivity contribution in [3.05, 3.63) is 16.7 Å². The van der Waals surface area contributed by atoms with E-state index in [4.69, 9.17) is 11.6 Å². The molecular formula is C12H15ClN6O2S2. The molecule has 0 spiro atoms. The summed E-state index contributed by atoms with van der Waals surface area (Å²) in [7, 11) is -2.45. The van der Waals surface area contributed by atoms with Gasteiger partial charge in [-0.3, -0.25) is 9.39 Å². The van der Waals surface area contributed by atoms with Gasteiger partial charge in [-0.2, -0.15) is 13.5 Å². The van der Waals surface area contributed by atoms with Gasteiger partial charge in [-0.1, -0.05) is 25.4 Å². The number of rotatable bonds is 2. The number of fused-ring (bicyclic) bond motifs is 1. The Hall–Kier alpha value is -1.65. The fourth-order valence-corrected chi connectivity index (χ4v) is 4.69. The highest BCUT2D eigenvalue weighted by molar-refractivity contribution is 7.90. The maximum Gasteiger partial charge on any atom is 0.283 e. The van der Waals surface area contributed by atoms with Crippen LogP contribution in [0.4, 0.5) is 0 Å². The van der Waals surface area contributed by atoms with Gasteiger partial charge < -0.3 is 0 Å². The second-order valence-electron chi connectivity index (χ2n) is 5.71. The largest absolute Gasteiger partial charge is 0.283 e. The molecule has 0 saturated carbocycles. The molecule has 2 aromatic heterocycles. The summed E-state index contributed by atoms with van der Waals surface area (Å²) in [4.78, 5) is 8.54. The standard InChI is InChI=1S/C12H15ClN6O2S2/c1-12(2)6-15-19(7-12)10(14-3)17-23(20,21)9-8(13)16-11-18(9)4-5-22-11/h4-6H,7H2,1-3H3,(H,14,17). The number of aliphatic imine (C=N–C) groups is 1. The average molecular weight is 375 g/mol. The van der Waals surface area contributed by atoms with E-state index >= 15 is 0 Å². The summed E-state index contributed by atoms with van der Waals surface area (Å²) in [5.74, 6) is 0.132. The van der Waals surface area contributed by atoms with Crippen LogP contribution in [0.15, 0.2) is 26.7 Å². The molecule has 0 amide bonds. The lowest BCUT2D eigenvalue weighted by atomic mass is 9.97. The summed E-state index contributed by atoms with van der Waals surface area (Å²) >= 11 is 7.30. The fraction of sp³-hybridized carbons (Fsp3) is 0.417. The summed E-state index contributed by atoms with van der Waals surface area (Å²) in [5.41, 5.74) is -0.156. The van der Waals surface area contributed by atoms with E-state index < -0.39 is 10.0 Å². The second-order valence-corrected chi connectivity index (χ2v) is 8.54. The number of sulfonamides is 1. The second kappa shape index (κ2) is 5.46. The van der Waals surface area contributed by atoms with Crippen molar-refractivity contribution in [2.75, 3.05) is 13.6 Å². The van der Waals surface area contributed by atoms with Gasteiger partial charge >= 0.3 is 0 Å². The van der Waals surface area contributed by atoms with Crippen molar-refractivity contribution in [2.45, 2.75) is 18.9 Å². The minimum absolute atomic E-state index is 0.0787. The summed E-state index contributed by atoms with van der Waals surface area (Å²) in [5, 5.41) is 7.25. The number of aromatic nitrogens is 2. The first-order valence-electron chi connectivity index (χ1n) is 6.67. The Morgan fingerprint density at radius 1 is 1.52 bits per heavy atom. The molecule has 1 aliphatic rings. The van der Waals surface area contributed by atoms with E-state index in [-0.39, 0.29) is 21.6 Å². The van der Waals surface area contributed by atoms with Crippen LogP contribution in [0.3, 0.4) is 0 Å². The van der Waals surface area contributed by atoms with Crippen molar-refractivity contribution in [2.24, 2.45) is 15.5 Å². The van der Waals surface area contributed by atoms with Gasteiger partial charge in [-0.05, 0) is 0 Å². The minimum Gasteiger partial charge on any atom is -0.278 e. The van der Waals surface area contributed by atoms with Gasteiger partial charge in [0.2, 0.25) is 5.96 Å². The fourth-order valence-electron chi connectivity index (χ4n) is 2.18. The van der Waals surface area contributed by atoms with Gasteiger partial charge in [0, 0.05) is 30.3 Å². The van der Waals surface area contributed by atoms with E-state index in [1.807, 2.05) is 13.8 Å². The third-order valence-corrected chi connectivity index (χ3v) is 5.70. The highest BCUT2D eigenvalue weighted by Crippen LogP contribution is 2.26. The van der Waals surface area contributed by atoms with E-state index in [1.54, 1.807) is 17.8 Å². The van der Waals surface area contributed by atoms with Crippen molar-refractivity contribution in [1.29, 1.82) is 0 Å². The highest BCUT2D eigenvalue weighted by atomic mass is 35.5. The summed E-state index contributed by atoms with van der Waals surface area (Å²) in [6.45, 7) is 4.53. The number of hydrogen-bond acceptors (Lipinski definition) is 6. The molecule has 0 aliphatic carbocycles. The topological polar surface area (TPSA) is 91.4 Å². The van der Waals surface area contributed by atoms with Gasteiger partial charge in [0.1, 0.15) is 0 Å². The van der Waals surface area contributed by atoms with E-state index in [0.29, 0.717) is 11.5 Å². The normalized spacial score (nSPS) is 18.1. The number of imidazole rings is 1. The number of nitrogens with one attached hydrogen (secondary N) is 1. The molecule has 124 valence electrons. The molecule has 11 heteroatoms. The van der Waals surface area contributed by atoms with Crippen molar-refractivity contribution in [1.82, 2.24) is 19.1 Å². The van der Waals surface area contributed by atoms with Crippen molar-refractivity contribution in [3.63, 3.8) is 0 Å². The third kappa shape index (κ3) is 2.93. The molecule has 2 aromatic rings. The van der Waals surface area contributed by atoms with Gasteiger partial charge in [-0.15, -0.1) is 11.3 Å². The van der Waals surface area contributed by atoms with Gasteiger partial charge in [0.05, 0.1) is 6.54 Å². The number of hydrogen-bond donors (Lipinski definition) is 1. The van der Waals surface area contributed by atoms with E-state index in [1.165, 1.54) is 27.8 Å². The van der Waals surface area contributed by atoms with E-state index in [9.17, 15) is 8.42 Å². The molecule has 3 rings (SSSR count). The van der Waals surface area contributed by atoms with Crippen LogP contribution < -0.4 is 4.72 Å². The molecule has 3 heterocycles. The Bertz CT molecular complexity index is 911. The first kappa shape index (κ1) is 16.2. The molecule has 0 saturated heterocycles. The Morgan fingerprint density at radius 2 is 2.26 bits per heavy atom. The Labute approximate surface area is 142 Å². The summed E-state index contributed by atoms with van der Waals surface area (Å²) < 4.78 is 29.3. The lowest BCUT2D eigenvalue weighted by molar-refractivity contribution is 0.379. The summed E-state index contributed by atoms with van der Waals surface area (Å²) in [6.07, 6.45) is 3.36. The molecule has 1 N–H and O–H groups in total. The molecule has 0 atom stereocenters. The zero-order valence-electron chi connectivity index (χ0n) is 12.7. The Kier molecular flexibility index (Phi) is 3.85. The van der Waals surface area contributed by atoms with Crippen LogP contribution >= 0.6 is 22.9 Å². The molecule has 8 nitrogen and oxygen atoms in total. The average Bonchev–Trinajstić information content (AvgIpc) is 3.09. The van der Waals surface area contributed by atoms with Crippen LogP contribution in [0.25, 0.3) is 4.96 Å². The molecule has 23 heavy (non-hydrogen) atoms. The molecule has 0 radical (unpaired) electrons. The molecule has 0 fully saturated rings. The molecule has 1 aliphatic heterocycles. The predicted octanol–water partition coefficient (Wildman–Crippen LogP) is 1.64. The number of hydrazone groups is 1. The predicted molar refractivity (Wildman–Crippen MR) is 90.7 cm³/mol. The summed E-state index contributed by atoms with van der Waals surface area (Å²) in [6, 6.07) is 0. The zero-order chi connectivity index (χ0) is 16.8. The van der Waals surface area contributed by atoms with Crippen LogP contribution in [0.5, 0.6) is 0 Å². The molecule has 0 bridgehead atoms. The first-order valence-corrected chi connectivity index (χ1v) is 9.41. The lowest BCUT2D eigenvalue weighted by Crippen LogP contribution is -2.42. The number of nitrogens with zero attached hydrogens (tertiary/aromatic N) is 5. The van der Waals surface area contributed by atoms with Crippen LogP contribution in [0.1, 0.15) is 13.8 Å². The Balaban J connectivity index is 1.93. The van der Waals surface area contributed by atoms with Crippen molar-refractivity contribution >= 4 is 50.1 Å². The third-order valence-electron chi connectivity index (χ3n) is 3.22. The lowest BCUT2D eigenvalue weighted by Gasteiger charge is -2.21. The van der Waals surface area contributed by atoms with Crippen molar-refractivity contribution < 1.29 is 8.42 Å². The van der Waals surface area contributed by atoms with Crippen LogP contribution in [-0.4, -0.2) is 48.6 Å². The van der Waals surface area contributed by atoms with Crippen LogP contribution in [0, 0.1) is 5.41 Å². The number of halogens is 1. The quantitative estimate of drug-likeness (QED) is 0.639. The molecular weight excluding hydrogens is 360 g/mol. The first-order chi connectivity index (χ1) is 10.7. The van der Waals surface area contributed by atoms with Crippen molar-refractivity contribution in [3.8, 4) is 0 Å². The smallest absolute Gasteiger partial charge is 0.278 e. The molecule has 0 aromatic carbocycles. The van der Waals surface area contributed by atoms with Crippen LogP contribution in [-0.2, 0) is 10.0 Å². The number of thiazole rings is 1. The maximum atomic E-state index is 12.7. The highest BCUT2D eigenvalue weighted by Gasteiger charge is 2.32. The Morgan fingerprint density at radius 3 is 2.87 bits per heavy atom. The zero-order valence-corrected chi connectivity index (χ0v) is 15.1. The van der Waals surface area contributed by atoms with E-state index in [2.05, 4.69) is 19.8 Å². The monoisotopic (exact) mass is 374 g/mol.